The number of non-ortho nitro benzene ring substituents is 1. The Balaban J connectivity index is 1.50. The Hall–Kier alpha value is -5.06. The van der Waals surface area contributed by atoms with Crippen LogP contribution in [0.5, 0.6) is 17.2 Å². The van der Waals surface area contributed by atoms with E-state index < -0.39 is 40.4 Å². The number of rotatable bonds is 5. The Labute approximate surface area is 239 Å². The number of nitrogens with zero attached hydrogens (tertiary/aromatic N) is 2. The van der Waals surface area contributed by atoms with Gasteiger partial charge in [-0.05, 0) is 43.9 Å². The number of allylic oxidation sites excluding steroid dienone is 6. The van der Waals surface area contributed by atoms with E-state index in [2.05, 4.69) is 0 Å². The molecule has 0 aromatic heterocycles. The number of phenolic OH excluding ortho intramolecular Hbond substituents is 1. The molecule has 11 nitrogen and oxygen atoms in total. The van der Waals surface area contributed by atoms with Gasteiger partial charge in [-0.2, -0.15) is 0 Å². The molecule has 1 fully saturated rings. The molecule has 214 valence electrons. The van der Waals surface area contributed by atoms with Gasteiger partial charge in [0.25, 0.3) is 5.69 Å². The van der Waals surface area contributed by atoms with Gasteiger partial charge in [0.05, 0.1) is 36.7 Å². The maximum atomic E-state index is 14.0. The van der Waals surface area contributed by atoms with Gasteiger partial charge in [-0.1, -0.05) is 11.6 Å². The summed E-state index contributed by atoms with van der Waals surface area (Å²) in [5, 5.41) is 22.3. The third kappa shape index (κ3) is 3.87. The summed E-state index contributed by atoms with van der Waals surface area (Å²) < 4.78 is 10.9. The molecule has 3 aliphatic carbocycles. The number of carbonyl (C=O) groups is 4. The van der Waals surface area contributed by atoms with Gasteiger partial charge in [0.2, 0.25) is 11.8 Å². The van der Waals surface area contributed by atoms with Crippen LogP contribution >= 0.6 is 0 Å². The Kier molecular flexibility index (Phi) is 6.32. The molecule has 4 atom stereocenters. The lowest BCUT2D eigenvalue weighted by Crippen LogP contribution is -2.40. The second kappa shape index (κ2) is 9.79. The van der Waals surface area contributed by atoms with Crippen LogP contribution in [-0.2, 0) is 19.2 Å². The molecular formula is C31H26N2O9. The number of phenols is 1. The van der Waals surface area contributed by atoms with Gasteiger partial charge in [-0.25, -0.2) is 0 Å². The number of amides is 2. The van der Waals surface area contributed by atoms with Crippen LogP contribution in [0, 0.1) is 27.9 Å². The number of ketones is 2. The highest BCUT2D eigenvalue weighted by molar-refractivity contribution is 6.25. The molecule has 2 aromatic carbocycles. The van der Waals surface area contributed by atoms with Gasteiger partial charge < -0.3 is 14.6 Å². The summed E-state index contributed by atoms with van der Waals surface area (Å²) in [4.78, 5) is 66.1. The van der Waals surface area contributed by atoms with Gasteiger partial charge in [0.15, 0.2) is 11.6 Å². The van der Waals surface area contributed by atoms with Crippen LogP contribution in [-0.4, -0.2) is 47.6 Å². The van der Waals surface area contributed by atoms with Crippen LogP contribution in [0.4, 0.5) is 11.4 Å². The fourth-order valence-electron chi connectivity index (χ4n) is 6.83. The Morgan fingerprint density at radius 1 is 1.00 bits per heavy atom. The Morgan fingerprint density at radius 3 is 2.36 bits per heavy atom. The number of benzene rings is 2. The Morgan fingerprint density at radius 2 is 1.71 bits per heavy atom. The van der Waals surface area contributed by atoms with Crippen molar-refractivity contribution in [1.29, 1.82) is 0 Å². The number of anilines is 1. The van der Waals surface area contributed by atoms with Crippen molar-refractivity contribution in [3.63, 3.8) is 0 Å². The zero-order valence-corrected chi connectivity index (χ0v) is 23.0. The van der Waals surface area contributed by atoms with Crippen molar-refractivity contribution >= 4 is 34.8 Å². The second-order valence-corrected chi connectivity index (χ2v) is 10.8. The number of nitro benzene ring substituents is 1. The number of imide groups is 1. The average molecular weight is 571 g/mol. The number of ether oxygens (including phenoxy) is 2. The van der Waals surface area contributed by atoms with Crippen molar-refractivity contribution in [3.8, 4) is 17.2 Å². The molecule has 0 bridgehead atoms. The summed E-state index contributed by atoms with van der Waals surface area (Å²) in [7, 11) is 2.85. The van der Waals surface area contributed by atoms with Crippen molar-refractivity contribution in [2.75, 3.05) is 19.1 Å². The summed E-state index contributed by atoms with van der Waals surface area (Å²) in [5.74, 6) is -4.35. The first kappa shape index (κ1) is 27.1. The molecule has 0 radical (unpaired) electrons. The van der Waals surface area contributed by atoms with E-state index in [0.717, 1.165) is 4.90 Å². The van der Waals surface area contributed by atoms with Gasteiger partial charge in [0, 0.05) is 52.5 Å². The zero-order valence-electron chi connectivity index (χ0n) is 23.0. The van der Waals surface area contributed by atoms with Crippen molar-refractivity contribution < 1.29 is 38.7 Å². The molecular weight excluding hydrogens is 544 g/mol. The highest BCUT2D eigenvalue weighted by atomic mass is 16.6. The molecule has 4 aliphatic rings. The number of nitro groups is 1. The second-order valence-electron chi connectivity index (χ2n) is 10.8. The first-order chi connectivity index (χ1) is 20.1. The largest absolute Gasteiger partial charge is 0.507 e. The summed E-state index contributed by atoms with van der Waals surface area (Å²) in [6, 6.07) is 8.15. The van der Waals surface area contributed by atoms with Gasteiger partial charge in [0.1, 0.15) is 17.2 Å². The Bertz CT molecular complexity index is 1700. The van der Waals surface area contributed by atoms with Crippen LogP contribution in [0.1, 0.15) is 31.2 Å². The highest BCUT2D eigenvalue weighted by Gasteiger charge is 2.57. The van der Waals surface area contributed by atoms with Crippen molar-refractivity contribution in [2.24, 2.45) is 17.8 Å². The summed E-state index contributed by atoms with van der Waals surface area (Å²) >= 11 is 0. The van der Waals surface area contributed by atoms with Crippen LogP contribution < -0.4 is 14.4 Å². The summed E-state index contributed by atoms with van der Waals surface area (Å²) in [5.41, 5.74) is 1.69. The van der Waals surface area contributed by atoms with Crippen LogP contribution in [0.15, 0.2) is 70.8 Å². The molecule has 1 saturated heterocycles. The van der Waals surface area contributed by atoms with Gasteiger partial charge in [-0.15, -0.1) is 0 Å². The SMILES string of the molecule is COc1cc(O)c(C2C3=CCC4C(=O)N(c5ccc([N+](=O)[O-])cc5)C(=O)C4C3CC3=C2C(=O)C(C)=CC3=O)c(OC)c1. The molecule has 1 N–H and O–H groups in total. The molecule has 6 rings (SSSR count). The lowest BCUT2D eigenvalue weighted by atomic mass is 9.59. The predicted molar refractivity (Wildman–Crippen MR) is 148 cm³/mol. The van der Waals surface area contributed by atoms with E-state index in [0.29, 0.717) is 11.3 Å². The molecule has 0 saturated carbocycles. The third-order valence-electron chi connectivity index (χ3n) is 8.72. The lowest BCUT2D eigenvalue weighted by Gasteiger charge is -2.42. The maximum absolute atomic E-state index is 14.0. The van der Waals surface area contributed by atoms with Gasteiger partial charge >= 0.3 is 0 Å². The normalized spacial score (nSPS) is 25.0. The van der Waals surface area contributed by atoms with E-state index in [9.17, 15) is 34.4 Å². The zero-order chi connectivity index (χ0) is 30.0. The van der Waals surface area contributed by atoms with Crippen molar-refractivity contribution in [3.05, 3.63) is 86.5 Å². The summed E-state index contributed by atoms with van der Waals surface area (Å²) in [6.45, 7) is 1.56. The molecule has 2 amide bonds. The number of carbonyl (C=O) groups excluding carboxylic acids is 4. The van der Waals surface area contributed by atoms with Gasteiger partial charge in [-0.3, -0.25) is 34.2 Å². The molecule has 1 aliphatic heterocycles. The molecule has 4 unspecified atom stereocenters. The quantitative estimate of drug-likeness (QED) is 0.185. The topological polar surface area (TPSA) is 153 Å². The first-order valence-corrected chi connectivity index (χ1v) is 13.3. The number of hydrogen-bond acceptors (Lipinski definition) is 9. The molecule has 0 spiro atoms. The van der Waals surface area contributed by atoms with E-state index in [4.69, 9.17) is 9.47 Å². The number of Topliss-reactive ketones (excluding diaryl/α,β-unsaturated/α-hetero) is 1. The van der Waals surface area contributed by atoms with E-state index in [-0.39, 0.29) is 69.6 Å². The average Bonchev–Trinajstić information content (AvgIpc) is 3.24. The van der Waals surface area contributed by atoms with E-state index >= 15 is 0 Å². The number of hydrogen-bond donors (Lipinski definition) is 1. The molecule has 11 heteroatoms. The number of aromatic hydroxyl groups is 1. The minimum atomic E-state index is -0.906. The standard InChI is InChI=1S/C31H26N2O9/c1-14-10-22(34)21-13-20-18(26(27(21)29(14)36)28-23(35)11-17(41-2)12-24(28)42-3)8-9-19-25(20)31(38)32(30(19)37)15-4-6-16(7-5-15)33(39)40/h4-8,10-12,19-20,25-26,35H,9,13H2,1-3H3. The lowest BCUT2D eigenvalue weighted by molar-refractivity contribution is -0.384. The minimum absolute atomic E-state index is 0.0690. The fraction of sp³-hybridized carbons (Fsp3) is 0.290. The first-order valence-electron chi connectivity index (χ1n) is 13.3. The summed E-state index contributed by atoms with van der Waals surface area (Å²) in [6.07, 6.45) is 3.38. The number of fused-ring (bicyclic) bond motifs is 3. The van der Waals surface area contributed by atoms with Crippen LogP contribution in [0.3, 0.4) is 0 Å². The predicted octanol–water partition coefficient (Wildman–Crippen LogP) is 3.95. The smallest absolute Gasteiger partial charge is 0.269 e. The highest BCUT2D eigenvalue weighted by Crippen LogP contribution is 2.58. The van der Waals surface area contributed by atoms with E-state index in [1.807, 2.05) is 6.08 Å². The van der Waals surface area contributed by atoms with Crippen molar-refractivity contribution in [2.45, 2.75) is 25.7 Å². The van der Waals surface area contributed by atoms with E-state index in [1.54, 1.807) is 13.0 Å². The molecule has 2 aromatic rings. The maximum Gasteiger partial charge on any atom is 0.269 e. The monoisotopic (exact) mass is 570 g/mol. The number of methoxy groups -OCH3 is 2. The molecule has 42 heavy (non-hydrogen) atoms. The van der Waals surface area contributed by atoms with Crippen LogP contribution in [0.25, 0.3) is 0 Å². The minimum Gasteiger partial charge on any atom is -0.507 e. The third-order valence-corrected chi connectivity index (χ3v) is 8.72. The molecule has 1 heterocycles. The van der Waals surface area contributed by atoms with E-state index in [1.165, 1.54) is 50.6 Å². The fourth-order valence-corrected chi connectivity index (χ4v) is 6.83. The van der Waals surface area contributed by atoms with Crippen LogP contribution in [0.2, 0.25) is 0 Å². The van der Waals surface area contributed by atoms with Crippen molar-refractivity contribution in [1.82, 2.24) is 0 Å².